The van der Waals surface area contributed by atoms with Gasteiger partial charge in [0.2, 0.25) is 0 Å². The van der Waals surface area contributed by atoms with Crippen LogP contribution < -0.4 is 0 Å². The summed E-state index contributed by atoms with van der Waals surface area (Å²) in [5.74, 6) is 5.07. The van der Waals surface area contributed by atoms with E-state index in [-0.39, 0.29) is 26.3 Å². The van der Waals surface area contributed by atoms with Crippen LogP contribution in [0.2, 0.25) is 0 Å². The Morgan fingerprint density at radius 1 is 0.741 bits per heavy atom. The first-order chi connectivity index (χ1) is 26.3. The fourth-order valence-corrected chi connectivity index (χ4v) is 13.8. The molecule has 10 unspecified atom stereocenters. The van der Waals surface area contributed by atoms with Crippen molar-refractivity contribution in [3.63, 3.8) is 0 Å². The van der Waals surface area contributed by atoms with Crippen molar-refractivity contribution in [1.29, 1.82) is 0 Å². The zero-order valence-electron chi connectivity index (χ0n) is 36.7. The largest absolute Gasteiger partial charge is 0.468 e. The van der Waals surface area contributed by atoms with E-state index in [0.29, 0.717) is 13.1 Å². The molecule has 3 fully saturated rings. The fourth-order valence-electron chi connectivity index (χ4n) is 8.21. The fraction of sp³-hybridized carbons (Fsp3) is 0.690. The van der Waals surface area contributed by atoms with Gasteiger partial charge in [-0.3, -0.25) is 0 Å². The molecule has 0 amide bonds. The Morgan fingerprint density at radius 3 is 1.34 bits per heavy atom. The van der Waals surface area contributed by atoms with E-state index in [1.165, 1.54) is 44.5 Å². The van der Waals surface area contributed by atoms with E-state index < -0.39 is 43.4 Å². The first-order valence-corrected chi connectivity index (χ1v) is 33.7. The number of halogens is 9. The van der Waals surface area contributed by atoms with Crippen molar-refractivity contribution in [2.45, 2.75) is 106 Å². The summed E-state index contributed by atoms with van der Waals surface area (Å²) >= 11 is 9.24. The topological polar surface area (TPSA) is 28.8 Å². The first kappa shape index (κ1) is 62.6. The van der Waals surface area contributed by atoms with Gasteiger partial charge in [-0.2, -0.15) is 0 Å². The van der Waals surface area contributed by atoms with Crippen LogP contribution in [0.25, 0.3) is 5.41 Å². The van der Waals surface area contributed by atoms with Gasteiger partial charge in [0.05, 0.1) is 0 Å². The monoisotopic (exact) mass is 1150 g/mol. The number of likely N-dealkylation sites (tertiary alicyclic amines) is 1. The van der Waals surface area contributed by atoms with Crippen molar-refractivity contribution in [2.24, 2.45) is 47.3 Å². The summed E-state index contributed by atoms with van der Waals surface area (Å²) < 4.78 is 29.8. The number of piperidine rings is 1. The normalized spacial score (nSPS) is 28.9. The summed E-state index contributed by atoms with van der Waals surface area (Å²) in [4.78, 5) is 7.03. The third-order valence-electron chi connectivity index (χ3n) is 12.3. The van der Waals surface area contributed by atoms with E-state index in [9.17, 15) is 14.2 Å². The number of fused-ring (bicyclic) bond motifs is 2. The Hall–Kier alpha value is 2.53. The molecular weight excluding hydrogens is 1080 g/mol. The summed E-state index contributed by atoms with van der Waals surface area (Å²) in [5, 5.41) is 11.6. The molecule has 0 aromatic heterocycles. The maximum absolute atomic E-state index is 13.4. The van der Waals surface area contributed by atoms with E-state index in [2.05, 4.69) is 136 Å². The van der Waals surface area contributed by atoms with Crippen molar-refractivity contribution in [3.8, 4) is 0 Å². The Bertz CT molecular complexity index is 1330. The van der Waals surface area contributed by atoms with Gasteiger partial charge in [-0.05, 0) is 104 Å². The number of amidine groups is 1. The van der Waals surface area contributed by atoms with E-state index in [1.54, 1.807) is 4.90 Å². The molecule has 2 saturated carbocycles. The Balaban J connectivity index is 0. The zero-order chi connectivity index (χ0) is 43.0. The predicted octanol–water partition coefficient (Wildman–Crippen LogP) is 17.0. The summed E-state index contributed by atoms with van der Waals surface area (Å²) in [7, 11) is 24.7. The molecule has 3 heterocycles. The molecule has 0 radical (unpaired) electrons. The van der Waals surface area contributed by atoms with Crippen LogP contribution in [0.15, 0.2) is 37.0 Å². The number of allylic oxidation sites excluding steroid dienone is 4. The van der Waals surface area contributed by atoms with Crippen molar-refractivity contribution in [3.05, 3.63) is 74.4 Å². The van der Waals surface area contributed by atoms with Gasteiger partial charge < -0.3 is 30.1 Å². The van der Waals surface area contributed by atoms with Crippen LogP contribution in [0, 0.1) is 73.8 Å². The van der Waals surface area contributed by atoms with Crippen molar-refractivity contribution < 1.29 is 40.5 Å². The number of hydrogen-bond acceptors (Lipinski definition) is 3. The molecule has 3 nitrogen and oxygen atoms in total. The SMILES string of the molecule is CC1=C(Br)C2C(C)C(C)C(C)C2S1.CC1=C(Br)C2C(C)C(C)C(C)C2S1.CCN(CC)CC.[CH3-].[CH3-].[Cl][Ti+]([Cl])[Cl].[Cl][Ti][Cl].[N-]=C(c1c(F)cccc1F)N1CCCCC1. The van der Waals surface area contributed by atoms with Gasteiger partial charge in [-0.25, -0.2) is 8.78 Å². The maximum atomic E-state index is 13.4. The van der Waals surface area contributed by atoms with Crippen LogP contribution in [0.3, 0.4) is 0 Å². The summed E-state index contributed by atoms with van der Waals surface area (Å²) in [6.45, 7) is 30.4. The third-order valence-corrected chi connectivity index (χ3v) is 18.2. The van der Waals surface area contributed by atoms with Gasteiger partial charge in [-0.1, -0.05) is 125 Å². The molecule has 5 aliphatic rings. The van der Waals surface area contributed by atoms with E-state index in [0.717, 1.165) is 89.2 Å². The van der Waals surface area contributed by atoms with Gasteiger partial charge in [0.15, 0.2) is 0 Å². The van der Waals surface area contributed by atoms with Gasteiger partial charge in [0, 0.05) is 36.9 Å². The molecule has 10 atom stereocenters. The molecule has 3 aliphatic heterocycles. The molecule has 1 saturated heterocycles. The van der Waals surface area contributed by atoms with E-state index >= 15 is 0 Å². The number of benzene rings is 1. The summed E-state index contributed by atoms with van der Waals surface area (Å²) in [6.07, 6.45) is 2.99. The van der Waals surface area contributed by atoms with Gasteiger partial charge in [0.1, 0.15) is 11.6 Å². The Morgan fingerprint density at radius 2 is 1.07 bits per heavy atom. The van der Waals surface area contributed by atoms with E-state index in [1.807, 2.05) is 0 Å². The zero-order valence-corrected chi connectivity index (χ0v) is 48.4. The molecule has 16 heteroatoms. The number of thioether (sulfide) groups is 2. The molecule has 0 spiro atoms. The van der Waals surface area contributed by atoms with Crippen LogP contribution in [0.4, 0.5) is 8.78 Å². The average molecular weight is 1150 g/mol. The summed E-state index contributed by atoms with van der Waals surface area (Å²) in [6, 6.07) is 3.59. The van der Waals surface area contributed by atoms with Crippen LogP contribution in [0.1, 0.15) is 101 Å². The molecular formula is C42H68Br2Cl5F2N3S2Ti2-2. The van der Waals surface area contributed by atoms with Crippen LogP contribution in [0.5, 0.6) is 0 Å². The van der Waals surface area contributed by atoms with Crippen molar-refractivity contribution >= 4 is 108 Å². The Kier molecular flexibility index (Phi) is 34.8. The summed E-state index contributed by atoms with van der Waals surface area (Å²) in [5.41, 5.74) is -0.315. The second-order valence-electron chi connectivity index (χ2n) is 15.1. The second-order valence-corrected chi connectivity index (χ2v) is 29.9. The van der Waals surface area contributed by atoms with Gasteiger partial charge in [-0.15, -0.1) is 23.5 Å². The number of nitrogens with zero attached hydrogens (tertiary/aromatic N) is 3. The minimum absolute atomic E-state index is 0. The van der Waals surface area contributed by atoms with E-state index in [4.69, 9.17) is 46.5 Å². The molecule has 336 valence electrons. The number of hydrogen-bond donors (Lipinski definition) is 0. The standard InChI is InChI=1S/C12H13F2N2.2C11H17BrS.C6H15N.2CH3.5ClH.2Ti/c13-9-5-4-6-10(14)11(9)12(15)16-7-2-1-3-8-16;2*1-5-6(2)9-10(12)8(4)13-11(9)7(5)3;1-4-7(5-2)6-3;;;;;;;;;/h4-6H,1-3,7-8H2;2*5-7,9,11H,1-4H3;4-6H2,1-3H3;2*1H3;5*1H;;/q-1;;;;2*-1;;;;;;+2;+4/p-5. The van der Waals surface area contributed by atoms with Crippen LogP contribution >= 0.6 is 102 Å². The van der Waals surface area contributed by atoms with Gasteiger partial charge >= 0.3 is 78.2 Å². The molecule has 0 N–H and O–H groups in total. The first-order valence-electron chi connectivity index (χ1n) is 19.6. The quantitative estimate of drug-likeness (QED) is 0.130. The minimum atomic E-state index is -1.92. The molecule has 58 heavy (non-hydrogen) atoms. The third kappa shape index (κ3) is 18.4. The number of rotatable bonds is 4. The van der Waals surface area contributed by atoms with Crippen molar-refractivity contribution in [2.75, 3.05) is 32.7 Å². The molecule has 2 aliphatic carbocycles. The molecule has 1 aromatic carbocycles. The van der Waals surface area contributed by atoms with Gasteiger partial charge in [0.25, 0.3) is 0 Å². The maximum Gasteiger partial charge on any atom is 0.133 e. The predicted molar refractivity (Wildman–Crippen MR) is 263 cm³/mol. The average Bonchev–Trinajstić information content (AvgIpc) is 3.77. The Labute approximate surface area is 413 Å². The second kappa shape index (κ2) is 32.2. The molecule has 6 rings (SSSR count). The smallest absolute Gasteiger partial charge is 0.133 e. The van der Waals surface area contributed by atoms with Crippen LogP contribution in [-0.4, -0.2) is 58.9 Å². The minimum Gasteiger partial charge on any atom is -0.468 e. The molecule has 1 aromatic rings. The van der Waals surface area contributed by atoms with Crippen LogP contribution in [-0.2, 0) is 31.7 Å². The van der Waals surface area contributed by atoms with Crippen molar-refractivity contribution in [1.82, 2.24) is 9.80 Å². The molecule has 0 bridgehead atoms.